The van der Waals surface area contributed by atoms with E-state index >= 15 is 0 Å². The normalized spacial score (nSPS) is 11.8. The van der Waals surface area contributed by atoms with E-state index in [2.05, 4.69) is 10.1 Å². The Morgan fingerprint density at radius 3 is 2.41 bits per heavy atom. The standard InChI is InChI=1S/C9H4Cl2F3N3/c10-7-2-1-5(8(11)16-7)17-6(3-4-15-17)9(12,13)14/h1-4H. The summed E-state index contributed by atoms with van der Waals surface area (Å²) in [5.41, 5.74) is -0.906. The van der Waals surface area contributed by atoms with Gasteiger partial charge in [0.15, 0.2) is 5.15 Å². The lowest BCUT2D eigenvalue weighted by molar-refractivity contribution is -0.142. The van der Waals surface area contributed by atoms with E-state index in [1.54, 1.807) is 0 Å². The van der Waals surface area contributed by atoms with Crippen molar-refractivity contribution >= 4 is 23.2 Å². The van der Waals surface area contributed by atoms with E-state index in [1.165, 1.54) is 12.1 Å². The highest BCUT2D eigenvalue weighted by Crippen LogP contribution is 2.32. The molecular weight excluding hydrogens is 278 g/mol. The summed E-state index contributed by atoms with van der Waals surface area (Å²) in [6.45, 7) is 0. The average Bonchev–Trinajstić information content (AvgIpc) is 2.65. The zero-order valence-corrected chi connectivity index (χ0v) is 9.55. The van der Waals surface area contributed by atoms with Crippen LogP contribution in [0.3, 0.4) is 0 Å². The van der Waals surface area contributed by atoms with Gasteiger partial charge in [-0.3, -0.25) is 0 Å². The van der Waals surface area contributed by atoms with Gasteiger partial charge in [-0.15, -0.1) is 0 Å². The fraction of sp³-hybridized carbons (Fsp3) is 0.111. The molecule has 0 radical (unpaired) electrons. The highest BCUT2D eigenvalue weighted by Gasteiger charge is 2.35. The van der Waals surface area contributed by atoms with Gasteiger partial charge in [-0.25, -0.2) is 9.67 Å². The molecule has 0 aliphatic heterocycles. The third kappa shape index (κ3) is 2.37. The number of alkyl halides is 3. The minimum absolute atomic E-state index is 0.0217. The molecule has 8 heteroatoms. The summed E-state index contributed by atoms with van der Waals surface area (Å²) in [5, 5.41) is 3.52. The summed E-state index contributed by atoms with van der Waals surface area (Å²) in [5.74, 6) is 0. The van der Waals surface area contributed by atoms with E-state index in [1.807, 2.05) is 0 Å². The Morgan fingerprint density at radius 1 is 1.12 bits per heavy atom. The molecule has 0 aliphatic rings. The number of hydrogen-bond acceptors (Lipinski definition) is 2. The van der Waals surface area contributed by atoms with Crippen LogP contribution in [0.2, 0.25) is 10.3 Å². The molecule has 0 saturated heterocycles. The van der Waals surface area contributed by atoms with Gasteiger partial charge in [0.25, 0.3) is 0 Å². The summed E-state index contributed by atoms with van der Waals surface area (Å²) >= 11 is 11.3. The van der Waals surface area contributed by atoms with Crippen LogP contribution in [0.5, 0.6) is 0 Å². The molecule has 0 amide bonds. The zero-order valence-electron chi connectivity index (χ0n) is 8.04. The second-order valence-corrected chi connectivity index (χ2v) is 3.82. The first-order chi connectivity index (χ1) is 7.89. The van der Waals surface area contributed by atoms with Crippen molar-refractivity contribution in [2.75, 3.05) is 0 Å². The van der Waals surface area contributed by atoms with E-state index in [9.17, 15) is 13.2 Å². The lowest BCUT2D eigenvalue weighted by atomic mass is 10.3. The Bertz CT molecular complexity index is 551. The molecule has 0 atom stereocenters. The largest absolute Gasteiger partial charge is 0.433 e. The number of nitrogens with zero attached hydrogens (tertiary/aromatic N) is 3. The molecule has 17 heavy (non-hydrogen) atoms. The van der Waals surface area contributed by atoms with Crippen LogP contribution in [0.4, 0.5) is 13.2 Å². The molecule has 2 rings (SSSR count). The van der Waals surface area contributed by atoms with E-state index < -0.39 is 11.9 Å². The summed E-state index contributed by atoms with van der Waals surface area (Å²) in [7, 11) is 0. The van der Waals surface area contributed by atoms with Crippen LogP contribution in [0.25, 0.3) is 5.69 Å². The molecule has 0 bridgehead atoms. The van der Waals surface area contributed by atoms with Crippen molar-refractivity contribution in [1.29, 1.82) is 0 Å². The van der Waals surface area contributed by atoms with Gasteiger partial charge in [0.1, 0.15) is 16.5 Å². The Kier molecular flexibility index (Phi) is 3.01. The first kappa shape index (κ1) is 12.2. The molecule has 2 aromatic heterocycles. The zero-order chi connectivity index (χ0) is 12.6. The van der Waals surface area contributed by atoms with Crippen molar-refractivity contribution in [2.45, 2.75) is 6.18 Å². The SMILES string of the molecule is FC(F)(F)c1ccnn1-c1ccc(Cl)nc1Cl. The minimum Gasteiger partial charge on any atom is -0.225 e. The van der Waals surface area contributed by atoms with Crippen molar-refractivity contribution in [3.05, 3.63) is 40.4 Å². The molecule has 2 aromatic rings. The van der Waals surface area contributed by atoms with E-state index in [0.29, 0.717) is 4.68 Å². The first-order valence-electron chi connectivity index (χ1n) is 4.33. The number of rotatable bonds is 1. The molecule has 3 nitrogen and oxygen atoms in total. The van der Waals surface area contributed by atoms with Gasteiger partial charge in [-0.1, -0.05) is 23.2 Å². The quantitative estimate of drug-likeness (QED) is 0.748. The molecule has 90 valence electrons. The highest BCUT2D eigenvalue weighted by atomic mass is 35.5. The van der Waals surface area contributed by atoms with Crippen LogP contribution in [0, 0.1) is 0 Å². The second-order valence-electron chi connectivity index (χ2n) is 3.07. The maximum Gasteiger partial charge on any atom is 0.433 e. The van der Waals surface area contributed by atoms with Crippen molar-refractivity contribution in [1.82, 2.24) is 14.8 Å². The Labute approximate surface area is 104 Å². The Hall–Kier alpha value is -1.27. The summed E-state index contributed by atoms with van der Waals surface area (Å²) in [6.07, 6.45) is -3.48. The van der Waals surface area contributed by atoms with Gasteiger partial charge < -0.3 is 0 Å². The van der Waals surface area contributed by atoms with Crippen LogP contribution in [0.1, 0.15) is 5.69 Å². The maximum absolute atomic E-state index is 12.6. The van der Waals surface area contributed by atoms with Crippen molar-refractivity contribution in [3.63, 3.8) is 0 Å². The van der Waals surface area contributed by atoms with Crippen LogP contribution < -0.4 is 0 Å². The summed E-state index contributed by atoms with van der Waals surface area (Å²) in [6, 6.07) is 3.51. The van der Waals surface area contributed by atoms with Crippen LogP contribution in [-0.2, 0) is 6.18 Å². The van der Waals surface area contributed by atoms with Crippen molar-refractivity contribution in [3.8, 4) is 5.69 Å². The molecule has 0 N–H and O–H groups in total. The lowest BCUT2D eigenvalue weighted by Gasteiger charge is -2.10. The monoisotopic (exact) mass is 281 g/mol. The van der Waals surface area contributed by atoms with Gasteiger partial charge in [0.2, 0.25) is 0 Å². The van der Waals surface area contributed by atoms with Crippen molar-refractivity contribution in [2.24, 2.45) is 0 Å². The minimum atomic E-state index is -4.51. The smallest absolute Gasteiger partial charge is 0.225 e. The fourth-order valence-electron chi connectivity index (χ4n) is 1.27. The molecule has 0 aliphatic carbocycles. The molecule has 2 heterocycles. The molecular formula is C9H4Cl2F3N3. The third-order valence-corrected chi connectivity index (χ3v) is 2.45. The predicted molar refractivity (Wildman–Crippen MR) is 56.4 cm³/mol. The maximum atomic E-state index is 12.6. The first-order valence-corrected chi connectivity index (χ1v) is 5.09. The van der Waals surface area contributed by atoms with Gasteiger partial charge in [-0.05, 0) is 18.2 Å². The topological polar surface area (TPSA) is 30.7 Å². The van der Waals surface area contributed by atoms with Gasteiger partial charge in [0.05, 0.1) is 6.20 Å². The number of aromatic nitrogens is 3. The number of hydrogen-bond donors (Lipinski definition) is 0. The van der Waals surface area contributed by atoms with Crippen molar-refractivity contribution < 1.29 is 13.2 Å². The summed E-state index contributed by atoms with van der Waals surface area (Å²) in [4.78, 5) is 3.66. The molecule has 0 unspecified atom stereocenters. The lowest BCUT2D eigenvalue weighted by Crippen LogP contribution is -2.13. The number of pyridine rings is 1. The molecule has 0 fully saturated rings. The van der Waals surface area contributed by atoms with Crippen LogP contribution in [-0.4, -0.2) is 14.8 Å². The Morgan fingerprint density at radius 2 is 1.82 bits per heavy atom. The van der Waals surface area contributed by atoms with Crippen LogP contribution >= 0.6 is 23.2 Å². The summed E-state index contributed by atoms with van der Waals surface area (Å²) < 4.78 is 38.6. The second kappa shape index (κ2) is 4.19. The molecule has 0 spiro atoms. The van der Waals surface area contributed by atoms with E-state index in [4.69, 9.17) is 23.2 Å². The van der Waals surface area contributed by atoms with E-state index in [0.717, 1.165) is 12.3 Å². The average molecular weight is 282 g/mol. The highest BCUT2D eigenvalue weighted by molar-refractivity contribution is 6.33. The Balaban J connectivity index is 2.58. The third-order valence-electron chi connectivity index (χ3n) is 1.96. The van der Waals surface area contributed by atoms with E-state index in [-0.39, 0.29) is 16.0 Å². The predicted octanol–water partition coefficient (Wildman–Crippen LogP) is 3.59. The molecule has 0 aromatic carbocycles. The fourth-order valence-corrected chi connectivity index (χ4v) is 1.70. The number of halogens is 5. The van der Waals surface area contributed by atoms with Gasteiger partial charge in [-0.2, -0.15) is 18.3 Å². The van der Waals surface area contributed by atoms with Gasteiger partial charge >= 0.3 is 6.18 Å². The van der Waals surface area contributed by atoms with Crippen LogP contribution in [0.15, 0.2) is 24.4 Å². The van der Waals surface area contributed by atoms with Gasteiger partial charge in [0, 0.05) is 0 Å². The molecule has 0 saturated carbocycles.